The molecule has 1 aliphatic heterocycles. The summed E-state index contributed by atoms with van der Waals surface area (Å²) in [6, 6.07) is -0.226. The van der Waals surface area contributed by atoms with E-state index in [4.69, 9.17) is 10.5 Å². The summed E-state index contributed by atoms with van der Waals surface area (Å²) in [7, 11) is 1.63. The number of rotatable bonds is 4. The number of hydrogen-bond donors (Lipinski definition) is 1. The summed E-state index contributed by atoms with van der Waals surface area (Å²) in [6.07, 6.45) is 2.24. The lowest BCUT2D eigenvalue weighted by molar-refractivity contribution is 0.0242. The Labute approximate surface area is 95.6 Å². The van der Waals surface area contributed by atoms with Crippen molar-refractivity contribution in [3.8, 4) is 0 Å². The van der Waals surface area contributed by atoms with Gasteiger partial charge >= 0.3 is 6.03 Å². The van der Waals surface area contributed by atoms with Gasteiger partial charge in [0.1, 0.15) is 11.4 Å². The minimum Gasteiger partial charge on any atom is -0.385 e. The van der Waals surface area contributed by atoms with Gasteiger partial charge in [0.15, 0.2) is 0 Å². The van der Waals surface area contributed by atoms with Gasteiger partial charge in [-0.1, -0.05) is 0 Å². The van der Waals surface area contributed by atoms with Gasteiger partial charge in [-0.25, -0.2) is 4.79 Å². The number of amidine groups is 1. The maximum Gasteiger partial charge on any atom is 0.346 e. The van der Waals surface area contributed by atoms with E-state index in [9.17, 15) is 4.79 Å². The van der Waals surface area contributed by atoms with Crippen molar-refractivity contribution in [3.05, 3.63) is 0 Å². The van der Waals surface area contributed by atoms with Crippen molar-refractivity contribution in [2.45, 2.75) is 38.3 Å². The Hall–Kier alpha value is -1.10. The highest BCUT2D eigenvalue weighted by Gasteiger charge is 2.50. The van der Waals surface area contributed by atoms with Gasteiger partial charge in [0.05, 0.1) is 6.10 Å². The molecule has 1 aliphatic carbocycles. The zero-order valence-electron chi connectivity index (χ0n) is 10.1. The zero-order chi connectivity index (χ0) is 11.9. The molecule has 1 heterocycles. The van der Waals surface area contributed by atoms with Gasteiger partial charge in [-0.05, 0) is 32.6 Å². The molecule has 0 aromatic rings. The van der Waals surface area contributed by atoms with E-state index in [1.807, 2.05) is 13.8 Å². The number of methoxy groups -OCH3 is 1. The second-order valence-electron chi connectivity index (χ2n) is 4.86. The molecule has 0 bridgehead atoms. The summed E-state index contributed by atoms with van der Waals surface area (Å²) in [6.45, 7) is 4.58. The van der Waals surface area contributed by atoms with Crippen LogP contribution in [0.5, 0.6) is 0 Å². The summed E-state index contributed by atoms with van der Waals surface area (Å²) in [4.78, 5) is 17.4. The molecule has 2 aliphatic rings. The number of nitrogens with two attached hydrogens (primary N) is 1. The molecule has 16 heavy (non-hydrogen) atoms. The number of aliphatic imine (C=N–C) groups is 1. The van der Waals surface area contributed by atoms with Crippen LogP contribution >= 0.6 is 0 Å². The summed E-state index contributed by atoms with van der Waals surface area (Å²) in [5.41, 5.74) is 5.29. The third kappa shape index (κ3) is 1.59. The quantitative estimate of drug-likeness (QED) is 0.775. The van der Waals surface area contributed by atoms with Crippen molar-refractivity contribution in [1.29, 1.82) is 0 Å². The van der Waals surface area contributed by atoms with Gasteiger partial charge in [0, 0.05) is 13.7 Å². The lowest BCUT2D eigenvalue weighted by atomic mass is 9.93. The molecule has 0 saturated heterocycles. The Bertz CT molecular complexity index is 338. The number of carbonyl (C=O) groups is 1. The van der Waals surface area contributed by atoms with Crippen LogP contribution < -0.4 is 5.73 Å². The van der Waals surface area contributed by atoms with E-state index in [1.165, 1.54) is 12.8 Å². The van der Waals surface area contributed by atoms with Crippen LogP contribution in [0.2, 0.25) is 0 Å². The molecule has 5 nitrogen and oxygen atoms in total. The molecule has 0 aromatic carbocycles. The van der Waals surface area contributed by atoms with Crippen molar-refractivity contribution in [1.82, 2.24) is 4.90 Å². The first-order valence-electron chi connectivity index (χ1n) is 5.69. The monoisotopic (exact) mass is 225 g/mol. The Morgan fingerprint density at radius 3 is 2.81 bits per heavy atom. The summed E-state index contributed by atoms with van der Waals surface area (Å²) < 4.78 is 5.33. The molecular weight excluding hydrogens is 206 g/mol. The topological polar surface area (TPSA) is 67.9 Å². The third-order valence-corrected chi connectivity index (χ3v) is 3.81. The molecule has 2 atom stereocenters. The summed E-state index contributed by atoms with van der Waals surface area (Å²) >= 11 is 0. The summed E-state index contributed by atoms with van der Waals surface area (Å²) in [5, 5.41) is 0. The number of nitrogens with zero attached hydrogens (tertiary/aromatic N) is 2. The van der Waals surface area contributed by atoms with E-state index in [0.717, 1.165) is 6.54 Å². The maximum absolute atomic E-state index is 11.8. The maximum atomic E-state index is 11.8. The largest absolute Gasteiger partial charge is 0.385 e. The van der Waals surface area contributed by atoms with Crippen molar-refractivity contribution < 1.29 is 9.53 Å². The average Bonchev–Trinajstić information content (AvgIpc) is 3.03. The van der Waals surface area contributed by atoms with Gasteiger partial charge in [0.25, 0.3) is 0 Å². The number of urea groups is 1. The first-order valence-corrected chi connectivity index (χ1v) is 5.69. The minimum atomic E-state index is -0.589. The fraction of sp³-hybridized carbons (Fsp3) is 0.818. The molecule has 2 amide bonds. The van der Waals surface area contributed by atoms with Gasteiger partial charge in [-0.2, -0.15) is 4.99 Å². The molecule has 2 rings (SSSR count). The highest BCUT2D eigenvalue weighted by molar-refractivity contribution is 6.06. The Balaban J connectivity index is 2.23. The SMILES string of the molecule is COC(C)C1(C)C(N)=NC(=O)N1CC1CC1. The normalized spacial score (nSPS) is 31.8. The second kappa shape index (κ2) is 3.73. The third-order valence-electron chi connectivity index (χ3n) is 3.81. The van der Waals surface area contributed by atoms with E-state index in [2.05, 4.69) is 4.99 Å². The zero-order valence-corrected chi connectivity index (χ0v) is 10.1. The van der Waals surface area contributed by atoms with E-state index in [-0.39, 0.29) is 12.1 Å². The fourth-order valence-electron chi connectivity index (χ4n) is 2.10. The molecule has 0 spiro atoms. The highest BCUT2D eigenvalue weighted by atomic mass is 16.5. The van der Waals surface area contributed by atoms with Crippen LogP contribution in [0.1, 0.15) is 26.7 Å². The van der Waals surface area contributed by atoms with Gasteiger partial charge in [-0.15, -0.1) is 0 Å². The molecule has 0 radical (unpaired) electrons. The second-order valence-corrected chi connectivity index (χ2v) is 4.86. The number of amides is 2. The standard InChI is InChI=1S/C11H19N3O2/c1-7(16-3)11(2)9(12)13-10(15)14(11)6-8-4-5-8/h7-8H,4-6H2,1-3H3,(H2,12,13,15). The Morgan fingerprint density at radius 2 is 2.31 bits per heavy atom. The molecule has 2 unspecified atom stereocenters. The molecule has 2 N–H and O–H groups in total. The van der Waals surface area contributed by atoms with Crippen LogP contribution in [0, 0.1) is 5.92 Å². The van der Waals surface area contributed by atoms with Gasteiger partial charge in [-0.3, -0.25) is 0 Å². The molecule has 1 saturated carbocycles. The lowest BCUT2D eigenvalue weighted by Gasteiger charge is -2.38. The van der Waals surface area contributed by atoms with Crippen LogP contribution in [0.3, 0.4) is 0 Å². The molecule has 1 fully saturated rings. The van der Waals surface area contributed by atoms with Crippen LogP contribution in [0.4, 0.5) is 4.79 Å². The van der Waals surface area contributed by atoms with Crippen LogP contribution in [-0.2, 0) is 4.74 Å². The number of carbonyl (C=O) groups excluding carboxylic acids is 1. The molecule has 90 valence electrons. The van der Waals surface area contributed by atoms with E-state index >= 15 is 0 Å². The molecule has 5 heteroatoms. The lowest BCUT2D eigenvalue weighted by Crippen LogP contribution is -2.59. The van der Waals surface area contributed by atoms with Crippen molar-refractivity contribution >= 4 is 11.9 Å². The van der Waals surface area contributed by atoms with E-state index < -0.39 is 5.54 Å². The first kappa shape index (κ1) is 11.4. The summed E-state index contributed by atoms with van der Waals surface area (Å²) in [5.74, 6) is 0.987. The Morgan fingerprint density at radius 1 is 1.69 bits per heavy atom. The van der Waals surface area contributed by atoms with Gasteiger partial charge in [0.2, 0.25) is 0 Å². The Kier molecular flexibility index (Phi) is 2.66. The van der Waals surface area contributed by atoms with Crippen LogP contribution in [0.25, 0.3) is 0 Å². The van der Waals surface area contributed by atoms with Crippen LogP contribution in [-0.4, -0.2) is 42.1 Å². The van der Waals surface area contributed by atoms with Crippen molar-refractivity contribution in [3.63, 3.8) is 0 Å². The highest BCUT2D eigenvalue weighted by Crippen LogP contribution is 2.35. The van der Waals surface area contributed by atoms with E-state index in [0.29, 0.717) is 11.8 Å². The average molecular weight is 225 g/mol. The predicted molar refractivity (Wildman–Crippen MR) is 61.3 cm³/mol. The molecule has 0 aromatic heterocycles. The minimum absolute atomic E-state index is 0.151. The fourth-order valence-corrected chi connectivity index (χ4v) is 2.10. The first-order chi connectivity index (χ1) is 7.50. The van der Waals surface area contributed by atoms with Crippen molar-refractivity contribution in [2.24, 2.45) is 16.6 Å². The predicted octanol–water partition coefficient (Wildman–Crippen LogP) is 0.983. The van der Waals surface area contributed by atoms with Gasteiger partial charge < -0.3 is 15.4 Å². The van der Waals surface area contributed by atoms with E-state index in [1.54, 1.807) is 12.0 Å². The van der Waals surface area contributed by atoms with Crippen LogP contribution in [0.15, 0.2) is 4.99 Å². The number of hydrogen-bond acceptors (Lipinski definition) is 3. The molecular formula is C11H19N3O2. The smallest absolute Gasteiger partial charge is 0.346 e. The van der Waals surface area contributed by atoms with Crippen molar-refractivity contribution in [2.75, 3.05) is 13.7 Å². The number of ether oxygens (including phenoxy) is 1.